The van der Waals surface area contributed by atoms with Gasteiger partial charge in [0, 0.05) is 10.6 Å². The number of amides is 1. The fraction of sp³-hybridized carbons (Fsp3) is 0.235. The first-order chi connectivity index (χ1) is 10.1. The fourth-order valence-corrected chi connectivity index (χ4v) is 3.05. The van der Waals surface area contributed by atoms with Gasteiger partial charge in [0.2, 0.25) is 5.91 Å². The molecule has 0 spiro atoms. The van der Waals surface area contributed by atoms with Crippen LogP contribution in [-0.2, 0) is 0 Å². The van der Waals surface area contributed by atoms with Crippen LogP contribution in [0.3, 0.4) is 0 Å². The molecule has 1 aliphatic rings. The van der Waals surface area contributed by atoms with E-state index in [4.69, 9.17) is 22.1 Å². The van der Waals surface area contributed by atoms with Gasteiger partial charge in [-0.15, -0.1) is 0 Å². The van der Waals surface area contributed by atoms with E-state index in [2.05, 4.69) is 0 Å². The summed E-state index contributed by atoms with van der Waals surface area (Å²) in [5.41, 5.74) is 8.17. The summed E-state index contributed by atoms with van der Waals surface area (Å²) in [6.07, 6.45) is 1.07. The average Bonchev–Trinajstić information content (AvgIpc) is 3.27. The Labute approximate surface area is 128 Å². The van der Waals surface area contributed by atoms with Gasteiger partial charge in [0.15, 0.2) is 0 Å². The van der Waals surface area contributed by atoms with Crippen LogP contribution in [0.4, 0.5) is 0 Å². The van der Waals surface area contributed by atoms with Crippen LogP contribution in [0, 0.1) is 0 Å². The molecule has 2 N–H and O–H groups in total. The lowest BCUT2D eigenvalue weighted by Gasteiger charge is -2.07. The summed E-state index contributed by atoms with van der Waals surface area (Å²) in [6.45, 7) is 0. The molecule has 108 valence electrons. The lowest BCUT2D eigenvalue weighted by molar-refractivity contribution is 0.100. The quantitative estimate of drug-likeness (QED) is 0.935. The van der Waals surface area contributed by atoms with E-state index in [-0.39, 0.29) is 0 Å². The van der Waals surface area contributed by atoms with Crippen LogP contribution in [-0.4, -0.2) is 13.0 Å². The lowest BCUT2D eigenvalue weighted by Crippen LogP contribution is -2.10. The summed E-state index contributed by atoms with van der Waals surface area (Å²) in [4.78, 5) is 11.1. The normalized spacial score (nSPS) is 20.1. The van der Waals surface area contributed by atoms with Crippen molar-refractivity contribution in [1.82, 2.24) is 0 Å². The Morgan fingerprint density at radius 2 is 1.90 bits per heavy atom. The van der Waals surface area contributed by atoms with Crippen molar-refractivity contribution in [1.29, 1.82) is 0 Å². The van der Waals surface area contributed by atoms with E-state index in [1.807, 2.05) is 30.3 Å². The van der Waals surface area contributed by atoms with Crippen LogP contribution in [0.25, 0.3) is 0 Å². The third kappa shape index (κ3) is 2.74. The minimum atomic E-state index is -0.396. The molecule has 2 aromatic rings. The summed E-state index contributed by atoms with van der Waals surface area (Å²) in [5, 5.41) is 0.746. The zero-order valence-electron chi connectivity index (χ0n) is 11.7. The van der Waals surface area contributed by atoms with Crippen molar-refractivity contribution in [3.05, 3.63) is 64.2 Å². The molecule has 0 saturated heterocycles. The summed E-state index contributed by atoms with van der Waals surface area (Å²) < 4.78 is 5.17. The van der Waals surface area contributed by atoms with Crippen LogP contribution in [0.2, 0.25) is 5.02 Å². The third-order valence-corrected chi connectivity index (χ3v) is 4.35. The Hall–Kier alpha value is -2.00. The first kappa shape index (κ1) is 14.0. The second-order valence-electron chi connectivity index (χ2n) is 5.32. The van der Waals surface area contributed by atoms with Crippen LogP contribution < -0.4 is 10.5 Å². The average molecular weight is 302 g/mol. The lowest BCUT2D eigenvalue weighted by atomic mass is 10.0. The van der Waals surface area contributed by atoms with E-state index in [9.17, 15) is 4.79 Å². The van der Waals surface area contributed by atoms with Gasteiger partial charge in [0.1, 0.15) is 5.75 Å². The SMILES string of the molecule is COc1ccc(C2CC2c2ccc(C(N)=O)cc2)c(Cl)c1. The molecule has 0 bridgehead atoms. The highest BCUT2D eigenvalue weighted by molar-refractivity contribution is 6.31. The second-order valence-corrected chi connectivity index (χ2v) is 5.73. The zero-order valence-corrected chi connectivity index (χ0v) is 12.4. The van der Waals surface area contributed by atoms with Gasteiger partial charge in [-0.1, -0.05) is 29.8 Å². The predicted molar refractivity (Wildman–Crippen MR) is 83.1 cm³/mol. The molecule has 0 radical (unpaired) electrons. The minimum Gasteiger partial charge on any atom is -0.497 e. The van der Waals surface area contributed by atoms with Crippen molar-refractivity contribution in [2.45, 2.75) is 18.3 Å². The van der Waals surface area contributed by atoms with E-state index in [0.717, 1.165) is 22.8 Å². The number of primary amides is 1. The summed E-state index contributed by atoms with van der Waals surface area (Å²) in [5.74, 6) is 1.26. The molecule has 2 aromatic carbocycles. The van der Waals surface area contributed by atoms with Gasteiger partial charge in [-0.25, -0.2) is 0 Å². The molecule has 0 aromatic heterocycles. The van der Waals surface area contributed by atoms with Gasteiger partial charge < -0.3 is 10.5 Å². The first-order valence-corrected chi connectivity index (χ1v) is 7.21. The number of hydrogen-bond donors (Lipinski definition) is 1. The van der Waals surface area contributed by atoms with Crippen molar-refractivity contribution in [3.63, 3.8) is 0 Å². The molecule has 1 amide bonds. The number of methoxy groups -OCH3 is 1. The van der Waals surface area contributed by atoms with Crippen molar-refractivity contribution in [2.75, 3.05) is 7.11 Å². The Morgan fingerprint density at radius 3 is 2.48 bits per heavy atom. The molecule has 3 nitrogen and oxygen atoms in total. The number of carbonyl (C=O) groups is 1. The smallest absolute Gasteiger partial charge is 0.248 e. The largest absolute Gasteiger partial charge is 0.497 e. The second kappa shape index (κ2) is 5.41. The maximum absolute atomic E-state index is 11.1. The van der Waals surface area contributed by atoms with Crippen LogP contribution in [0.1, 0.15) is 39.7 Å². The van der Waals surface area contributed by atoms with Crippen molar-refractivity contribution >= 4 is 17.5 Å². The van der Waals surface area contributed by atoms with Gasteiger partial charge in [-0.05, 0) is 53.6 Å². The molecule has 4 heteroatoms. The van der Waals surface area contributed by atoms with Crippen molar-refractivity contribution < 1.29 is 9.53 Å². The highest BCUT2D eigenvalue weighted by Crippen LogP contribution is 2.56. The fourth-order valence-electron chi connectivity index (χ4n) is 2.74. The monoisotopic (exact) mass is 301 g/mol. The number of nitrogens with two attached hydrogens (primary N) is 1. The van der Waals surface area contributed by atoms with E-state index in [1.54, 1.807) is 19.2 Å². The van der Waals surface area contributed by atoms with E-state index in [1.165, 1.54) is 5.56 Å². The molecule has 21 heavy (non-hydrogen) atoms. The van der Waals surface area contributed by atoms with Crippen LogP contribution in [0.5, 0.6) is 5.75 Å². The highest BCUT2D eigenvalue weighted by atomic mass is 35.5. The summed E-state index contributed by atoms with van der Waals surface area (Å²) >= 11 is 6.32. The topological polar surface area (TPSA) is 52.3 Å². The minimum absolute atomic E-state index is 0.396. The third-order valence-electron chi connectivity index (χ3n) is 4.02. The molecule has 0 heterocycles. The maximum Gasteiger partial charge on any atom is 0.248 e. The number of halogens is 1. The zero-order chi connectivity index (χ0) is 15.0. The Bertz CT molecular complexity index is 682. The molecular weight excluding hydrogens is 286 g/mol. The molecule has 0 aliphatic heterocycles. The summed E-state index contributed by atoms with van der Waals surface area (Å²) in [7, 11) is 1.63. The van der Waals surface area contributed by atoms with Gasteiger partial charge in [0.25, 0.3) is 0 Å². The van der Waals surface area contributed by atoms with Gasteiger partial charge in [-0.3, -0.25) is 4.79 Å². The highest BCUT2D eigenvalue weighted by Gasteiger charge is 2.40. The van der Waals surface area contributed by atoms with Gasteiger partial charge >= 0.3 is 0 Å². The molecule has 1 fully saturated rings. The van der Waals surface area contributed by atoms with Crippen molar-refractivity contribution in [2.24, 2.45) is 5.73 Å². The Morgan fingerprint density at radius 1 is 1.19 bits per heavy atom. The van der Waals surface area contributed by atoms with E-state index < -0.39 is 5.91 Å². The number of hydrogen-bond acceptors (Lipinski definition) is 2. The van der Waals surface area contributed by atoms with Gasteiger partial charge in [0.05, 0.1) is 7.11 Å². The molecule has 1 aliphatic carbocycles. The van der Waals surface area contributed by atoms with E-state index >= 15 is 0 Å². The van der Waals surface area contributed by atoms with Gasteiger partial charge in [-0.2, -0.15) is 0 Å². The molecule has 3 rings (SSSR count). The van der Waals surface area contributed by atoms with E-state index in [0.29, 0.717) is 17.4 Å². The number of rotatable bonds is 4. The number of ether oxygens (including phenoxy) is 1. The summed E-state index contributed by atoms with van der Waals surface area (Å²) in [6, 6.07) is 13.3. The first-order valence-electron chi connectivity index (χ1n) is 6.83. The molecule has 2 atom stereocenters. The molecular formula is C17H16ClNO2. The van der Waals surface area contributed by atoms with Crippen LogP contribution in [0.15, 0.2) is 42.5 Å². The Balaban J connectivity index is 1.78. The Kier molecular flexibility index (Phi) is 3.60. The maximum atomic E-state index is 11.1. The number of carbonyl (C=O) groups excluding carboxylic acids is 1. The number of benzene rings is 2. The predicted octanol–water partition coefficient (Wildman–Crippen LogP) is 3.72. The molecule has 1 saturated carbocycles. The standard InChI is InChI=1S/C17H16ClNO2/c1-21-12-6-7-13(16(18)8-12)15-9-14(15)10-2-4-11(5-3-10)17(19)20/h2-8,14-15H,9H2,1H3,(H2,19,20). The van der Waals surface area contributed by atoms with Crippen molar-refractivity contribution in [3.8, 4) is 5.75 Å². The van der Waals surface area contributed by atoms with Crippen LogP contribution >= 0.6 is 11.6 Å². The molecule has 2 unspecified atom stereocenters.